The summed E-state index contributed by atoms with van der Waals surface area (Å²) in [5.74, 6) is 0. The molecule has 0 aliphatic carbocycles. The third-order valence-corrected chi connectivity index (χ3v) is 5.50. The number of imidazole rings is 1. The minimum atomic E-state index is -1.24. The molecule has 120 valence electrons. The highest BCUT2D eigenvalue weighted by atomic mass is 32.2. The van der Waals surface area contributed by atoms with Gasteiger partial charge < -0.3 is 9.45 Å². The van der Waals surface area contributed by atoms with Crippen LogP contribution in [0.4, 0.5) is 5.69 Å². The Morgan fingerprint density at radius 1 is 1.13 bits per heavy atom. The average Bonchev–Trinajstić information content (AvgIpc) is 2.96. The van der Waals surface area contributed by atoms with Gasteiger partial charge in [-0.15, -0.1) is 0 Å². The zero-order valence-corrected chi connectivity index (χ0v) is 14.6. The molecular formula is C18H21N3OS. The monoisotopic (exact) mass is 327 g/mol. The number of hydrogen-bond donors (Lipinski definition) is 1. The van der Waals surface area contributed by atoms with E-state index in [1.54, 1.807) is 0 Å². The zero-order valence-electron chi connectivity index (χ0n) is 13.8. The van der Waals surface area contributed by atoms with Crippen LogP contribution in [0.1, 0.15) is 23.3 Å². The molecule has 0 saturated heterocycles. The predicted octanol–water partition coefficient (Wildman–Crippen LogP) is 3.81. The van der Waals surface area contributed by atoms with E-state index in [1.165, 1.54) is 5.56 Å². The first-order valence-electron chi connectivity index (χ1n) is 7.61. The molecule has 23 heavy (non-hydrogen) atoms. The van der Waals surface area contributed by atoms with E-state index in [0.717, 1.165) is 22.3 Å². The Morgan fingerprint density at radius 3 is 2.57 bits per heavy atom. The Labute approximate surface area is 139 Å². The van der Waals surface area contributed by atoms with E-state index in [-0.39, 0.29) is 5.25 Å². The second kappa shape index (κ2) is 6.26. The minimum absolute atomic E-state index is 0.145. The van der Waals surface area contributed by atoms with E-state index < -0.39 is 11.2 Å². The Hall–Kier alpha value is -1.98. The predicted molar refractivity (Wildman–Crippen MR) is 96.4 cm³/mol. The summed E-state index contributed by atoms with van der Waals surface area (Å²) in [4.78, 5) is 9.75. The van der Waals surface area contributed by atoms with Crippen molar-refractivity contribution in [2.24, 2.45) is 0 Å². The molecule has 2 atom stereocenters. The second-order valence-electron chi connectivity index (χ2n) is 5.91. The quantitative estimate of drug-likeness (QED) is 0.741. The molecule has 1 aromatic heterocycles. The minimum Gasteiger partial charge on any atom is -0.609 e. The number of rotatable bonds is 4. The van der Waals surface area contributed by atoms with Gasteiger partial charge in [-0.05, 0) is 31.5 Å². The van der Waals surface area contributed by atoms with E-state index in [1.807, 2.05) is 57.4 Å². The number of hydrogen-bond acceptors (Lipinski definition) is 3. The summed E-state index contributed by atoms with van der Waals surface area (Å²) >= 11 is -1.24. The van der Waals surface area contributed by atoms with Crippen LogP contribution in [0.15, 0.2) is 47.6 Å². The number of aromatic nitrogens is 2. The van der Waals surface area contributed by atoms with Crippen LogP contribution in [0.25, 0.3) is 11.0 Å². The van der Waals surface area contributed by atoms with Gasteiger partial charge in [-0.25, -0.2) is 0 Å². The standard InChI is InChI=1S/C18H21N3OS/c1-12-8-7-9-14(17(12)21(3)4)13(2)23(22)18-19-15-10-5-6-11-16(15)20-18/h5-11,13H,1-4H3,(H,19,20). The molecule has 0 fully saturated rings. The molecular weight excluding hydrogens is 306 g/mol. The number of fused-ring (bicyclic) bond motifs is 1. The summed E-state index contributed by atoms with van der Waals surface area (Å²) in [5.41, 5.74) is 5.15. The number of para-hydroxylation sites is 3. The van der Waals surface area contributed by atoms with Crippen LogP contribution in [0, 0.1) is 6.92 Å². The number of anilines is 1. The lowest BCUT2D eigenvalue weighted by Gasteiger charge is -2.24. The molecule has 0 aliphatic rings. The zero-order chi connectivity index (χ0) is 16.6. The topological polar surface area (TPSA) is 55.0 Å². The number of aromatic amines is 1. The number of aryl methyl sites for hydroxylation is 1. The highest BCUT2D eigenvalue weighted by Gasteiger charge is 2.28. The normalized spacial score (nSPS) is 14.0. The van der Waals surface area contributed by atoms with Gasteiger partial charge in [0.25, 0.3) is 0 Å². The first kappa shape index (κ1) is 15.9. The molecule has 5 heteroatoms. The summed E-state index contributed by atoms with van der Waals surface area (Å²) in [6, 6.07) is 13.9. The fraction of sp³-hybridized carbons (Fsp3) is 0.278. The van der Waals surface area contributed by atoms with Crippen molar-refractivity contribution in [3.05, 3.63) is 53.6 Å². The SMILES string of the molecule is Cc1cccc(C(C)[S+]([O-])c2nc3ccccc3[nH]2)c1N(C)C. The Bertz CT molecular complexity index is 795. The lowest BCUT2D eigenvalue weighted by molar-refractivity contribution is 0.578. The maximum atomic E-state index is 13.0. The summed E-state index contributed by atoms with van der Waals surface area (Å²) in [6.07, 6.45) is 0. The molecule has 2 unspecified atom stereocenters. The van der Waals surface area contributed by atoms with E-state index in [9.17, 15) is 4.55 Å². The molecule has 1 heterocycles. The summed E-state index contributed by atoms with van der Waals surface area (Å²) in [7, 11) is 4.03. The van der Waals surface area contributed by atoms with Crippen molar-refractivity contribution in [3.8, 4) is 0 Å². The number of nitrogens with zero attached hydrogens (tertiary/aromatic N) is 2. The number of H-pyrrole nitrogens is 1. The van der Waals surface area contributed by atoms with Gasteiger partial charge in [-0.1, -0.05) is 30.3 Å². The average molecular weight is 327 g/mol. The second-order valence-corrected chi connectivity index (χ2v) is 7.59. The summed E-state index contributed by atoms with van der Waals surface area (Å²) in [6.45, 7) is 4.07. The van der Waals surface area contributed by atoms with Gasteiger partial charge in [0.15, 0.2) is 0 Å². The Balaban J connectivity index is 1.99. The van der Waals surface area contributed by atoms with E-state index in [2.05, 4.69) is 27.9 Å². The van der Waals surface area contributed by atoms with Crippen LogP contribution in [0.5, 0.6) is 0 Å². The van der Waals surface area contributed by atoms with Crippen molar-refractivity contribution in [2.45, 2.75) is 24.3 Å². The highest BCUT2D eigenvalue weighted by Crippen LogP contribution is 2.35. The van der Waals surface area contributed by atoms with Crippen molar-refractivity contribution >= 4 is 27.9 Å². The van der Waals surface area contributed by atoms with Crippen molar-refractivity contribution < 1.29 is 4.55 Å². The van der Waals surface area contributed by atoms with Crippen molar-refractivity contribution in [3.63, 3.8) is 0 Å². The van der Waals surface area contributed by atoms with Gasteiger partial charge in [0.05, 0.1) is 11.0 Å². The van der Waals surface area contributed by atoms with Crippen LogP contribution in [0.2, 0.25) is 0 Å². The van der Waals surface area contributed by atoms with Crippen LogP contribution in [-0.4, -0.2) is 28.6 Å². The third kappa shape index (κ3) is 2.94. The Morgan fingerprint density at radius 2 is 1.87 bits per heavy atom. The van der Waals surface area contributed by atoms with Gasteiger partial charge in [0.1, 0.15) is 5.25 Å². The lowest BCUT2D eigenvalue weighted by atomic mass is 10.1. The van der Waals surface area contributed by atoms with E-state index in [4.69, 9.17) is 0 Å². The molecule has 0 saturated carbocycles. The molecule has 0 bridgehead atoms. The molecule has 0 spiro atoms. The van der Waals surface area contributed by atoms with Crippen LogP contribution < -0.4 is 4.90 Å². The summed E-state index contributed by atoms with van der Waals surface area (Å²) < 4.78 is 13.0. The van der Waals surface area contributed by atoms with Crippen molar-refractivity contribution in [1.29, 1.82) is 0 Å². The van der Waals surface area contributed by atoms with Crippen molar-refractivity contribution in [2.75, 3.05) is 19.0 Å². The molecule has 0 radical (unpaired) electrons. The lowest BCUT2D eigenvalue weighted by Crippen LogP contribution is -2.18. The highest BCUT2D eigenvalue weighted by molar-refractivity contribution is 7.91. The van der Waals surface area contributed by atoms with Crippen molar-refractivity contribution in [1.82, 2.24) is 9.97 Å². The molecule has 3 aromatic rings. The Kier molecular flexibility index (Phi) is 4.33. The maximum absolute atomic E-state index is 13.0. The number of nitrogens with one attached hydrogen (secondary N) is 1. The van der Waals surface area contributed by atoms with E-state index in [0.29, 0.717) is 5.16 Å². The molecule has 0 aliphatic heterocycles. The largest absolute Gasteiger partial charge is 0.609 e. The summed E-state index contributed by atoms with van der Waals surface area (Å²) in [5, 5.41) is 0.387. The van der Waals surface area contributed by atoms with E-state index >= 15 is 0 Å². The molecule has 2 aromatic carbocycles. The van der Waals surface area contributed by atoms with Crippen LogP contribution in [-0.2, 0) is 11.2 Å². The molecule has 4 nitrogen and oxygen atoms in total. The fourth-order valence-corrected chi connectivity index (χ4v) is 4.08. The number of benzene rings is 2. The van der Waals surface area contributed by atoms with Gasteiger partial charge in [0.2, 0.25) is 0 Å². The fourth-order valence-electron chi connectivity index (χ4n) is 2.93. The first-order chi connectivity index (χ1) is 11.0. The molecule has 1 N–H and O–H groups in total. The first-order valence-corrected chi connectivity index (χ1v) is 8.82. The third-order valence-electron chi connectivity index (χ3n) is 4.03. The van der Waals surface area contributed by atoms with Gasteiger partial charge in [-0.3, -0.25) is 4.98 Å². The van der Waals surface area contributed by atoms with Gasteiger partial charge >= 0.3 is 5.16 Å². The smallest absolute Gasteiger partial charge is 0.322 e. The van der Waals surface area contributed by atoms with Gasteiger partial charge in [0, 0.05) is 36.5 Å². The van der Waals surface area contributed by atoms with Crippen LogP contribution in [0.3, 0.4) is 0 Å². The molecule has 3 rings (SSSR count). The molecule has 0 amide bonds. The van der Waals surface area contributed by atoms with Gasteiger partial charge in [-0.2, -0.15) is 4.98 Å². The van der Waals surface area contributed by atoms with Crippen LogP contribution >= 0.6 is 0 Å². The maximum Gasteiger partial charge on any atom is 0.322 e.